The summed E-state index contributed by atoms with van der Waals surface area (Å²) < 4.78 is 0. The number of hydrogen-bond acceptors (Lipinski definition) is 10. The smallest absolute Gasteiger partial charge is 0.258 e. The molecule has 0 aromatic heterocycles. The lowest BCUT2D eigenvalue weighted by molar-refractivity contribution is -0.127. The number of azo groups is 2. The van der Waals surface area contributed by atoms with Crippen LogP contribution in [0.5, 0.6) is 0 Å². The van der Waals surface area contributed by atoms with Crippen LogP contribution in [0.25, 0.3) is 0 Å². The molecule has 2 unspecified atom stereocenters. The number of Topliss-reactive ketones (excluding diaryl/α,β-unsaturated/α-hetero) is 2. The average Bonchev–Trinajstić information content (AvgIpc) is 3.27. The first-order valence-electron chi connectivity index (χ1n) is 19.8. The van der Waals surface area contributed by atoms with Gasteiger partial charge in [-0.3, -0.25) is 28.8 Å². The molecule has 14 nitrogen and oxygen atoms in total. The number of amides is 4. The highest BCUT2D eigenvalue weighted by Gasteiger charge is 2.27. The van der Waals surface area contributed by atoms with Crippen LogP contribution in [0.2, 0.25) is 10.0 Å². The van der Waals surface area contributed by atoms with Crippen molar-refractivity contribution in [1.29, 1.82) is 0 Å². The van der Waals surface area contributed by atoms with Crippen LogP contribution < -0.4 is 21.3 Å². The summed E-state index contributed by atoms with van der Waals surface area (Å²) in [6, 6.07) is 22.9. The van der Waals surface area contributed by atoms with Crippen molar-refractivity contribution in [3.05, 3.63) is 140 Å². The average molecular weight is 945 g/mol. The standard InChI is InChI=1S/C46H42Cl4N8O6/c1-5-27-19-40(54-46(64)42(26(4)60)58-56-32-16-18-36(50)34(22-32)44(62)52-38-14-10-8-12-30(38)24-48)28(6-2)20-39(27)53-45(63)41(25(3)59)57-55-31-15-17-35(49)33(21-31)43(61)51-37-13-9-7-11-29(37)23-47/h7-22,41-42H,5-6,23-24H2,1-4H3,(H,51,61)(H,52,62)(H,53,63)(H,54,64). The Morgan fingerprint density at radius 1 is 0.500 bits per heavy atom. The summed E-state index contributed by atoms with van der Waals surface area (Å²) in [4.78, 5) is 78.9. The van der Waals surface area contributed by atoms with Crippen LogP contribution in [0, 0.1) is 0 Å². The van der Waals surface area contributed by atoms with E-state index in [0.29, 0.717) is 57.8 Å². The van der Waals surface area contributed by atoms with E-state index < -0.39 is 47.3 Å². The molecule has 0 aliphatic rings. The number of carbonyl (C=O) groups is 6. The number of benzene rings is 5. The largest absolute Gasteiger partial charge is 0.323 e. The fourth-order valence-corrected chi connectivity index (χ4v) is 7.06. The Morgan fingerprint density at radius 3 is 1.22 bits per heavy atom. The third kappa shape index (κ3) is 12.4. The van der Waals surface area contributed by atoms with Gasteiger partial charge in [-0.1, -0.05) is 73.4 Å². The lowest BCUT2D eigenvalue weighted by Crippen LogP contribution is -2.33. The second-order valence-corrected chi connectivity index (χ2v) is 15.5. The molecule has 0 fully saturated rings. The summed E-state index contributed by atoms with van der Waals surface area (Å²) in [6.07, 6.45) is 0.777. The molecule has 2 atom stereocenters. The van der Waals surface area contributed by atoms with Gasteiger partial charge in [-0.2, -0.15) is 20.5 Å². The van der Waals surface area contributed by atoms with E-state index in [9.17, 15) is 28.8 Å². The van der Waals surface area contributed by atoms with Gasteiger partial charge in [0.05, 0.1) is 32.5 Å². The van der Waals surface area contributed by atoms with Gasteiger partial charge in [0.1, 0.15) is 0 Å². The molecule has 0 aliphatic heterocycles. The van der Waals surface area contributed by atoms with E-state index in [1.807, 2.05) is 13.8 Å². The molecule has 0 saturated heterocycles. The number of alkyl halides is 2. The van der Waals surface area contributed by atoms with Crippen molar-refractivity contribution in [3.63, 3.8) is 0 Å². The molecule has 18 heteroatoms. The Kier molecular flexibility index (Phi) is 17.4. The Labute approximate surface area is 389 Å². The predicted octanol–water partition coefficient (Wildman–Crippen LogP) is 11.5. The molecule has 4 amide bonds. The van der Waals surface area contributed by atoms with Crippen molar-refractivity contribution in [2.45, 2.75) is 64.4 Å². The summed E-state index contributed by atoms with van der Waals surface area (Å²) in [6.45, 7) is 6.06. The van der Waals surface area contributed by atoms with Crippen LogP contribution in [0.4, 0.5) is 34.1 Å². The van der Waals surface area contributed by atoms with Crippen LogP contribution in [0.3, 0.4) is 0 Å². The van der Waals surface area contributed by atoms with Crippen molar-refractivity contribution >= 4 is 116 Å². The van der Waals surface area contributed by atoms with Gasteiger partial charge in [0.15, 0.2) is 11.6 Å². The number of aryl methyl sites for hydroxylation is 2. The minimum absolute atomic E-state index is 0.0821. The SMILES string of the molecule is CCc1cc(NC(=O)C(N=Nc2ccc(Cl)c(C(=O)Nc3ccccc3CCl)c2)C(C)=O)c(CC)cc1NC(=O)C(N=Nc1ccc(Cl)c(C(=O)Nc2ccccc2CCl)c1)C(C)=O. The van der Waals surface area contributed by atoms with Gasteiger partial charge in [0, 0.05) is 34.5 Å². The van der Waals surface area contributed by atoms with Crippen LogP contribution in [0.1, 0.15) is 70.7 Å². The van der Waals surface area contributed by atoms with Gasteiger partial charge in [0.25, 0.3) is 23.6 Å². The maximum Gasteiger partial charge on any atom is 0.258 e. The molecule has 5 rings (SSSR count). The van der Waals surface area contributed by atoms with Gasteiger partial charge >= 0.3 is 0 Å². The molecule has 0 spiro atoms. The molecule has 5 aromatic rings. The molecule has 0 saturated carbocycles. The summed E-state index contributed by atoms with van der Waals surface area (Å²) in [7, 11) is 0. The highest BCUT2D eigenvalue weighted by atomic mass is 35.5. The highest BCUT2D eigenvalue weighted by Crippen LogP contribution is 2.30. The van der Waals surface area contributed by atoms with Gasteiger partial charge in [0.2, 0.25) is 12.1 Å². The molecule has 64 heavy (non-hydrogen) atoms. The summed E-state index contributed by atoms with van der Waals surface area (Å²) in [5, 5.41) is 27.7. The van der Waals surface area contributed by atoms with Crippen LogP contribution in [-0.2, 0) is 43.8 Å². The van der Waals surface area contributed by atoms with Gasteiger partial charge in [-0.25, -0.2) is 0 Å². The lowest BCUT2D eigenvalue weighted by Gasteiger charge is -2.18. The number of para-hydroxylation sites is 2. The first-order valence-corrected chi connectivity index (χ1v) is 21.6. The number of hydrogen-bond donors (Lipinski definition) is 4. The molecule has 0 bridgehead atoms. The number of halogens is 4. The predicted molar refractivity (Wildman–Crippen MR) is 251 cm³/mol. The van der Waals surface area contributed by atoms with Crippen molar-refractivity contribution < 1.29 is 28.8 Å². The Morgan fingerprint density at radius 2 is 0.875 bits per heavy atom. The normalized spacial score (nSPS) is 12.1. The Bertz CT molecular complexity index is 2490. The maximum absolute atomic E-state index is 13.6. The monoisotopic (exact) mass is 942 g/mol. The van der Waals surface area contributed by atoms with Crippen LogP contribution in [-0.4, -0.2) is 47.3 Å². The molecular formula is C46H42Cl4N8O6. The molecule has 5 aromatic carbocycles. The number of nitrogens with one attached hydrogen (secondary N) is 4. The lowest BCUT2D eigenvalue weighted by atomic mass is 10.0. The van der Waals surface area contributed by atoms with E-state index in [0.717, 1.165) is 0 Å². The second kappa shape index (κ2) is 22.9. The van der Waals surface area contributed by atoms with E-state index in [1.165, 1.54) is 50.2 Å². The van der Waals surface area contributed by atoms with Crippen LogP contribution >= 0.6 is 46.4 Å². The number of ketones is 2. The molecule has 4 N–H and O–H groups in total. The zero-order valence-electron chi connectivity index (χ0n) is 35.0. The summed E-state index contributed by atoms with van der Waals surface area (Å²) in [5.74, 6) is -3.44. The molecular weight excluding hydrogens is 902 g/mol. The maximum atomic E-state index is 13.6. The van der Waals surface area contributed by atoms with Crippen molar-refractivity contribution in [1.82, 2.24) is 0 Å². The van der Waals surface area contributed by atoms with Gasteiger partial charge in [-0.05, 0) is 110 Å². The van der Waals surface area contributed by atoms with Crippen molar-refractivity contribution in [2.24, 2.45) is 20.5 Å². The Hall–Kier alpha value is -6.32. The zero-order chi connectivity index (χ0) is 46.5. The molecule has 0 heterocycles. The van der Waals surface area contributed by atoms with Crippen LogP contribution in [0.15, 0.2) is 118 Å². The van der Waals surface area contributed by atoms with E-state index in [-0.39, 0.29) is 44.3 Å². The summed E-state index contributed by atoms with van der Waals surface area (Å²) >= 11 is 24.7. The van der Waals surface area contributed by atoms with E-state index in [1.54, 1.807) is 60.7 Å². The topological polar surface area (TPSA) is 200 Å². The zero-order valence-corrected chi connectivity index (χ0v) is 38.0. The first-order chi connectivity index (χ1) is 30.7. The fraction of sp³-hybridized carbons (Fsp3) is 0.217. The fourth-order valence-electron chi connectivity index (χ4n) is 6.19. The minimum atomic E-state index is -1.56. The third-order valence-electron chi connectivity index (χ3n) is 9.66. The molecule has 0 aliphatic carbocycles. The van der Waals surface area contributed by atoms with Gasteiger partial charge in [-0.15, -0.1) is 23.2 Å². The molecule has 0 radical (unpaired) electrons. The Balaban J connectivity index is 1.31. The number of anilines is 4. The number of nitrogens with zero attached hydrogens (tertiary/aromatic N) is 4. The quantitative estimate of drug-likeness (QED) is 0.0382. The van der Waals surface area contributed by atoms with Gasteiger partial charge < -0.3 is 21.3 Å². The second-order valence-electron chi connectivity index (χ2n) is 14.1. The first kappa shape index (κ1) is 48.7. The van der Waals surface area contributed by atoms with E-state index >= 15 is 0 Å². The highest BCUT2D eigenvalue weighted by molar-refractivity contribution is 6.35. The van der Waals surface area contributed by atoms with E-state index in [4.69, 9.17) is 46.4 Å². The number of rotatable bonds is 18. The molecule has 330 valence electrons. The van der Waals surface area contributed by atoms with E-state index in [2.05, 4.69) is 41.7 Å². The minimum Gasteiger partial charge on any atom is -0.323 e. The van der Waals surface area contributed by atoms with Crippen molar-refractivity contribution in [2.75, 3.05) is 21.3 Å². The number of carbonyl (C=O) groups excluding carboxylic acids is 6. The van der Waals surface area contributed by atoms with Crippen molar-refractivity contribution in [3.8, 4) is 0 Å². The summed E-state index contributed by atoms with van der Waals surface area (Å²) in [5.41, 5.74) is 4.83. The third-order valence-corrected chi connectivity index (χ3v) is 10.9.